The van der Waals surface area contributed by atoms with Gasteiger partial charge in [0.1, 0.15) is 33.1 Å². The minimum atomic E-state index is -3.27. The topological polar surface area (TPSA) is 204 Å². The predicted molar refractivity (Wildman–Crippen MR) is 266 cm³/mol. The van der Waals surface area contributed by atoms with Gasteiger partial charge in [0.05, 0.1) is 93.8 Å². The largest absolute Gasteiger partial charge is 0.335 e. The smallest absolute Gasteiger partial charge is 0.329 e. The maximum absolute atomic E-state index is 12.9. The lowest BCUT2D eigenvalue weighted by molar-refractivity contribution is -0.247. The first-order valence-corrected chi connectivity index (χ1v) is 29.5. The Bertz CT molecular complexity index is 2130. The zero-order valence-corrected chi connectivity index (χ0v) is 45.7. The number of aromatic nitrogens is 6. The summed E-state index contributed by atoms with van der Waals surface area (Å²) in [7, 11) is -7.59. The predicted octanol–water partition coefficient (Wildman–Crippen LogP) is 12.6. The summed E-state index contributed by atoms with van der Waals surface area (Å²) in [5.74, 6) is 0. The van der Waals surface area contributed by atoms with E-state index in [1.54, 1.807) is 39.8 Å². The molecule has 4 heterocycles. The van der Waals surface area contributed by atoms with Gasteiger partial charge in [-0.1, -0.05) is 68.3 Å². The maximum Gasteiger partial charge on any atom is 0.335 e. The fraction of sp³-hybridized carbons (Fsp3) is 0.538. The van der Waals surface area contributed by atoms with E-state index in [0.29, 0.717) is 77.7 Å². The Hall–Kier alpha value is -1.43. The zero-order valence-electron chi connectivity index (χ0n) is 37.4. The van der Waals surface area contributed by atoms with Gasteiger partial charge in [-0.25, -0.2) is 0 Å². The highest BCUT2D eigenvalue weighted by molar-refractivity contribution is 9.08. The van der Waals surface area contributed by atoms with Gasteiger partial charge in [-0.2, -0.15) is 26.2 Å². The van der Waals surface area contributed by atoms with Crippen molar-refractivity contribution in [2.75, 3.05) is 66.6 Å². The summed E-state index contributed by atoms with van der Waals surface area (Å²) in [6.45, 7) is 17.1. The van der Waals surface area contributed by atoms with Crippen molar-refractivity contribution in [3.8, 4) is 0 Å². The highest BCUT2D eigenvalue weighted by Crippen LogP contribution is 2.54. The molecule has 0 radical (unpaired) electrons. The van der Waals surface area contributed by atoms with E-state index in [0.717, 1.165) is 55.6 Å². The molecule has 1 aliphatic heterocycles. The number of hydrogen-bond donors (Lipinski definition) is 0. The van der Waals surface area contributed by atoms with Crippen molar-refractivity contribution >= 4 is 124 Å². The molecule has 65 heavy (non-hydrogen) atoms. The lowest BCUT2D eigenvalue weighted by atomic mass is 10.1. The van der Waals surface area contributed by atoms with Crippen LogP contribution in [-0.4, -0.2) is 92.9 Å². The van der Waals surface area contributed by atoms with Crippen molar-refractivity contribution in [1.82, 2.24) is 26.2 Å². The molecular weight excluding hydrogens is 1090 g/mol. The molecular formula is C39H57Br2N6O12P3S3. The Balaban J connectivity index is 0.000000243. The van der Waals surface area contributed by atoms with Gasteiger partial charge in [0.2, 0.25) is 0 Å². The molecule has 6 aromatic rings. The molecule has 0 spiro atoms. The summed E-state index contributed by atoms with van der Waals surface area (Å²) < 4.78 is 102. The number of halogens is 2. The monoisotopic (exact) mass is 1150 g/mol. The van der Waals surface area contributed by atoms with E-state index < -0.39 is 23.8 Å². The molecule has 1 aliphatic rings. The average Bonchev–Trinajstić information content (AvgIpc) is 4.12. The summed E-state index contributed by atoms with van der Waals surface area (Å²) >= 11 is 10.4. The molecule has 0 N–H and O–H groups in total. The number of rotatable bonds is 20. The number of ether oxygens (including phenoxy) is 3. The lowest BCUT2D eigenvalue weighted by Gasteiger charge is -2.19. The first kappa shape index (κ1) is 57.9. The third kappa shape index (κ3) is 20.2. The second kappa shape index (κ2) is 33.2. The van der Waals surface area contributed by atoms with Crippen molar-refractivity contribution in [3.63, 3.8) is 0 Å². The van der Waals surface area contributed by atoms with Gasteiger partial charge in [-0.05, 0) is 82.9 Å². The van der Waals surface area contributed by atoms with Crippen LogP contribution in [0.4, 0.5) is 0 Å². The Kier molecular flexibility index (Phi) is 29.5. The second-order valence-corrected chi connectivity index (χ2v) is 20.4. The van der Waals surface area contributed by atoms with Crippen LogP contribution < -0.4 is 0 Å². The third-order valence-electron chi connectivity index (χ3n) is 7.85. The highest BCUT2D eigenvalue weighted by Gasteiger charge is 2.29. The summed E-state index contributed by atoms with van der Waals surface area (Å²) in [6.07, 6.45) is 0.205. The minimum Gasteiger partial charge on any atom is -0.329 e. The van der Waals surface area contributed by atoms with E-state index in [-0.39, 0.29) is 12.3 Å². The normalized spacial score (nSPS) is 12.8. The Morgan fingerprint density at radius 3 is 1.09 bits per heavy atom. The van der Waals surface area contributed by atoms with Crippen molar-refractivity contribution in [2.45, 2.75) is 71.5 Å². The van der Waals surface area contributed by atoms with Gasteiger partial charge in [0.25, 0.3) is 0 Å². The zero-order chi connectivity index (χ0) is 47.3. The van der Waals surface area contributed by atoms with E-state index in [1.165, 1.54) is 34.6 Å². The van der Waals surface area contributed by atoms with E-state index in [2.05, 4.69) is 84.4 Å². The van der Waals surface area contributed by atoms with E-state index in [9.17, 15) is 9.13 Å². The molecule has 7 rings (SSSR count). The number of alkyl halides is 2. The number of benzene rings is 3. The van der Waals surface area contributed by atoms with Crippen molar-refractivity contribution in [1.29, 1.82) is 0 Å². The van der Waals surface area contributed by atoms with Crippen LogP contribution in [0.25, 0.3) is 33.1 Å². The lowest BCUT2D eigenvalue weighted by Crippen LogP contribution is -2.14. The minimum absolute atomic E-state index is 0.103. The van der Waals surface area contributed by atoms with Crippen LogP contribution >= 0.6 is 90.8 Å². The maximum atomic E-state index is 12.9. The Labute approximate surface area is 411 Å². The Morgan fingerprint density at radius 2 is 0.800 bits per heavy atom. The first-order chi connectivity index (χ1) is 31.6. The fourth-order valence-electron chi connectivity index (χ4n) is 5.30. The molecule has 0 saturated carbocycles. The Morgan fingerprint density at radius 1 is 0.492 bits per heavy atom. The molecule has 18 nitrogen and oxygen atoms in total. The van der Waals surface area contributed by atoms with Gasteiger partial charge in [0, 0.05) is 10.7 Å². The standard InChI is InChI=1S/C16H26N2O6P2S.C8H6Br2N2S.C6H4N2S.C6H15O3P.C3H6O3/c1-5-21-25(19,22-6-2)11-13-9-10-14(16-15(13)17-27-18-16)12-26(20,23-7-3)24-8-4;9-3-5-1-2-6(4-10)8-7(5)11-13-12-8;1-2-4-6-5(3-1)7-9-8-6;1-4-7-10(8-5-2)9-6-3;1-4-2-6-3-5-1/h9-10H,5-8,11-12H2,1-4H3;1-2H,3-4H2;1-4H;4-6H2,1-3H3;1-3H2. The van der Waals surface area contributed by atoms with Crippen LogP contribution in [0.2, 0.25) is 0 Å². The number of nitrogens with zero attached hydrogens (tertiary/aromatic N) is 6. The molecule has 0 aliphatic carbocycles. The molecule has 26 heteroatoms. The van der Waals surface area contributed by atoms with Crippen LogP contribution in [0, 0.1) is 0 Å². The summed E-state index contributed by atoms with van der Waals surface area (Å²) in [5, 5.41) is 1.66. The third-order valence-corrected chi connectivity index (χ3v) is 16.1. The number of hydrogen-bond acceptors (Lipinski definition) is 21. The quantitative estimate of drug-likeness (QED) is 0.0515. The highest BCUT2D eigenvalue weighted by atomic mass is 79.9. The van der Waals surface area contributed by atoms with Gasteiger partial charge in [0.15, 0.2) is 20.4 Å². The SMILES string of the molecule is BrCc1ccc(CBr)c2nsnc12.C1OCOCO1.CCOP(=O)(Cc1ccc(CP(=O)(OCC)OCC)c2nsnc12)OCC.CCOP(OCC)OCC.c1ccc2nsnc2c1. The van der Waals surface area contributed by atoms with Gasteiger partial charge in [-0.3, -0.25) is 9.13 Å². The van der Waals surface area contributed by atoms with E-state index in [1.807, 2.05) is 45.0 Å². The van der Waals surface area contributed by atoms with Crippen LogP contribution in [-0.2, 0) is 78.0 Å². The molecule has 1 saturated heterocycles. The van der Waals surface area contributed by atoms with Gasteiger partial charge < -0.3 is 45.9 Å². The summed E-state index contributed by atoms with van der Waals surface area (Å²) in [6, 6.07) is 15.6. The van der Waals surface area contributed by atoms with Gasteiger partial charge >= 0.3 is 23.8 Å². The first-order valence-electron chi connectivity index (χ1n) is 20.5. The van der Waals surface area contributed by atoms with Crippen molar-refractivity contribution < 1.29 is 55.0 Å². The molecule has 3 aromatic heterocycles. The number of fused-ring (bicyclic) bond motifs is 3. The average molecular weight is 1150 g/mol. The van der Waals surface area contributed by atoms with E-state index in [4.69, 9.17) is 31.7 Å². The van der Waals surface area contributed by atoms with Crippen LogP contribution in [0.1, 0.15) is 70.7 Å². The van der Waals surface area contributed by atoms with E-state index >= 15 is 0 Å². The van der Waals surface area contributed by atoms with Crippen molar-refractivity contribution in [3.05, 3.63) is 70.8 Å². The second-order valence-electron chi connectivity index (χ2n) is 12.4. The molecule has 0 unspecified atom stereocenters. The molecule has 0 amide bonds. The molecule has 1 fully saturated rings. The molecule has 362 valence electrons. The van der Waals surface area contributed by atoms with Crippen molar-refractivity contribution in [2.24, 2.45) is 0 Å². The van der Waals surface area contributed by atoms with Gasteiger partial charge in [-0.15, -0.1) is 0 Å². The van der Waals surface area contributed by atoms with Crippen LogP contribution in [0.15, 0.2) is 48.5 Å². The van der Waals surface area contributed by atoms with Crippen LogP contribution in [0.5, 0.6) is 0 Å². The molecule has 0 bridgehead atoms. The fourth-order valence-corrected chi connectivity index (χ4v) is 12.2. The van der Waals surface area contributed by atoms with Crippen LogP contribution in [0.3, 0.4) is 0 Å². The summed E-state index contributed by atoms with van der Waals surface area (Å²) in [5.41, 5.74) is 9.09. The molecule has 0 atom stereocenters. The summed E-state index contributed by atoms with van der Waals surface area (Å²) in [4.78, 5) is 0. The molecule has 3 aromatic carbocycles.